The fraction of sp³-hybridized carbons (Fsp3) is 0.304. The number of Topliss-reactive ketones (excluding diaryl/α,β-unsaturated/α-hetero) is 1. The number of hydrogen-bond acceptors (Lipinski definition) is 6. The number of pyridine rings is 1. The van der Waals surface area contributed by atoms with Gasteiger partial charge in [-0.2, -0.15) is 0 Å². The van der Waals surface area contributed by atoms with E-state index in [1.54, 1.807) is 6.08 Å². The summed E-state index contributed by atoms with van der Waals surface area (Å²) in [6.45, 7) is 2.16. The average Bonchev–Trinajstić information content (AvgIpc) is 3.28. The Hall–Kier alpha value is -3.41. The van der Waals surface area contributed by atoms with Crippen LogP contribution in [0, 0.1) is 0 Å². The topological polar surface area (TPSA) is 87.0 Å². The van der Waals surface area contributed by atoms with Crippen molar-refractivity contribution in [2.75, 3.05) is 5.75 Å². The first-order valence-electron chi connectivity index (χ1n) is 10.6. The Labute approximate surface area is 196 Å². The summed E-state index contributed by atoms with van der Waals surface area (Å²) < 4.78 is 90.3. The molecule has 3 aromatic rings. The van der Waals surface area contributed by atoms with E-state index in [-0.39, 0.29) is 63.2 Å². The van der Waals surface area contributed by atoms with E-state index in [2.05, 4.69) is 14.5 Å². The number of sulfone groups is 1. The zero-order valence-corrected chi connectivity index (χ0v) is 19.3. The summed E-state index contributed by atoms with van der Waals surface area (Å²) in [4.78, 5) is 17.5. The van der Waals surface area contributed by atoms with Crippen molar-refractivity contribution in [3.8, 4) is 11.5 Å². The fourth-order valence-corrected chi connectivity index (χ4v) is 5.38. The number of halogens is 4. The molecule has 7 nitrogen and oxygen atoms in total. The van der Waals surface area contributed by atoms with Crippen LogP contribution >= 0.6 is 0 Å². The molecule has 0 spiro atoms. The molecule has 0 radical (unpaired) electrons. The molecule has 5 rings (SSSR count). The summed E-state index contributed by atoms with van der Waals surface area (Å²) in [5.74, 6) is -4.40. The van der Waals surface area contributed by atoms with Crippen LogP contribution in [0.4, 0.5) is 17.6 Å². The molecular weight excluding hydrogens is 492 g/mol. The Balaban J connectivity index is 1.56. The zero-order chi connectivity index (χ0) is 25.3. The Bertz CT molecular complexity index is 1540. The molecule has 0 saturated heterocycles. The van der Waals surface area contributed by atoms with Crippen LogP contribution in [0.3, 0.4) is 0 Å². The molecule has 0 unspecified atom stereocenters. The van der Waals surface area contributed by atoms with E-state index >= 15 is 0 Å². The van der Waals surface area contributed by atoms with Crippen LogP contribution in [-0.2, 0) is 28.6 Å². The van der Waals surface area contributed by atoms with Crippen molar-refractivity contribution >= 4 is 21.3 Å². The van der Waals surface area contributed by atoms with E-state index in [0.29, 0.717) is 5.56 Å². The molecule has 0 fully saturated rings. The maximum atomic E-state index is 13.8. The summed E-state index contributed by atoms with van der Waals surface area (Å²) in [6, 6.07) is 4.70. The molecule has 1 aliphatic carbocycles. The molecule has 184 valence electrons. The third-order valence-electron chi connectivity index (χ3n) is 5.92. The van der Waals surface area contributed by atoms with Gasteiger partial charge in [0.05, 0.1) is 11.4 Å². The molecule has 2 aliphatic rings. The van der Waals surface area contributed by atoms with E-state index in [1.165, 1.54) is 29.7 Å². The highest BCUT2D eigenvalue weighted by Crippen LogP contribution is 2.44. The molecule has 3 heterocycles. The maximum absolute atomic E-state index is 13.8. The lowest BCUT2D eigenvalue weighted by Gasteiger charge is -2.16. The second kappa shape index (κ2) is 7.54. The summed E-state index contributed by atoms with van der Waals surface area (Å²) in [6.07, 6.45) is -1.05. The molecule has 0 amide bonds. The predicted octanol–water partition coefficient (Wildman–Crippen LogP) is 4.47. The number of carbonyl (C=O) groups excluding carboxylic acids is 1. The first-order chi connectivity index (χ1) is 16.3. The van der Waals surface area contributed by atoms with Crippen molar-refractivity contribution in [1.82, 2.24) is 9.38 Å². The lowest BCUT2D eigenvalue weighted by molar-refractivity contribution is -0.286. The van der Waals surface area contributed by atoms with Crippen molar-refractivity contribution in [2.24, 2.45) is 0 Å². The van der Waals surface area contributed by atoms with Crippen LogP contribution in [0.25, 0.3) is 5.65 Å². The quantitative estimate of drug-likeness (QED) is 0.471. The number of rotatable bonds is 5. The molecule has 2 aromatic heterocycles. The summed E-state index contributed by atoms with van der Waals surface area (Å²) in [5, 5.41) is -0.189. The zero-order valence-electron chi connectivity index (χ0n) is 18.4. The number of carbonyl (C=O) groups is 1. The minimum Gasteiger partial charge on any atom is -0.395 e. The van der Waals surface area contributed by atoms with E-state index < -0.39 is 27.8 Å². The number of aromatic nitrogens is 2. The lowest BCUT2D eigenvalue weighted by atomic mass is 9.88. The number of benzene rings is 1. The van der Waals surface area contributed by atoms with Gasteiger partial charge in [-0.25, -0.2) is 22.2 Å². The van der Waals surface area contributed by atoms with Crippen LogP contribution in [0.2, 0.25) is 0 Å². The van der Waals surface area contributed by atoms with Gasteiger partial charge in [0.2, 0.25) is 0 Å². The second-order valence-electron chi connectivity index (χ2n) is 8.36. The summed E-state index contributed by atoms with van der Waals surface area (Å²) in [5.41, 5.74) is 0.459. The lowest BCUT2D eigenvalue weighted by Crippen LogP contribution is -2.25. The predicted molar refractivity (Wildman–Crippen MR) is 115 cm³/mol. The minimum atomic E-state index is -3.86. The molecule has 35 heavy (non-hydrogen) atoms. The van der Waals surface area contributed by atoms with Gasteiger partial charge in [0, 0.05) is 36.2 Å². The van der Waals surface area contributed by atoms with E-state index in [4.69, 9.17) is 0 Å². The average molecular weight is 510 g/mol. The molecular formula is C23H18F4N2O5S. The second-order valence-corrected chi connectivity index (χ2v) is 10.6. The van der Waals surface area contributed by atoms with Crippen molar-refractivity contribution in [3.05, 3.63) is 64.5 Å². The van der Waals surface area contributed by atoms with Crippen molar-refractivity contribution < 1.29 is 40.2 Å². The fourth-order valence-electron chi connectivity index (χ4n) is 4.18. The van der Waals surface area contributed by atoms with Crippen LogP contribution in [0.1, 0.15) is 41.0 Å². The smallest absolute Gasteiger partial charge is 0.395 e. The highest BCUT2D eigenvalue weighted by molar-refractivity contribution is 7.91. The maximum Gasteiger partial charge on any atom is 0.586 e. The SMILES string of the molecule is CCS(=O)(=O)c1c(CC2=CCc3cc4c(cc3C2=O)OC(F)(F)O4)nc2cc(C(C)(F)F)ccn12. The van der Waals surface area contributed by atoms with Crippen LogP contribution in [0.15, 0.2) is 47.1 Å². The number of allylic oxidation sites excluding steroid dienone is 2. The Kier molecular flexibility index (Phi) is 5.03. The molecule has 0 N–H and O–H groups in total. The van der Waals surface area contributed by atoms with E-state index in [9.17, 15) is 30.8 Å². The Morgan fingerprint density at radius 3 is 2.51 bits per heavy atom. The van der Waals surface area contributed by atoms with E-state index in [1.807, 2.05) is 0 Å². The van der Waals surface area contributed by atoms with Gasteiger partial charge in [0.15, 0.2) is 32.1 Å². The van der Waals surface area contributed by atoms with Gasteiger partial charge in [0.1, 0.15) is 5.65 Å². The normalized spacial score (nSPS) is 17.0. The van der Waals surface area contributed by atoms with Gasteiger partial charge in [-0.3, -0.25) is 9.20 Å². The van der Waals surface area contributed by atoms with Gasteiger partial charge in [-0.1, -0.05) is 13.0 Å². The van der Waals surface area contributed by atoms with Crippen LogP contribution < -0.4 is 9.47 Å². The summed E-state index contributed by atoms with van der Waals surface area (Å²) >= 11 is 0. The first-order valence-corrected chi connectivity index (χ1v) is 12.2. The Morgan fingerprint density at radius 2 is 1.86 bits per heavy atom. The van der Waals surface area contributed by atoms with Crippen LogP contribution in [-0.4, -0.2) is 35.6 Å². The largest absolute Gasteiger partial charge is 0.586 e. The van der Waals surface area contributed by atoms with Crippen molar-refractivity contribution in [1.29, 1.82) is 0 Å². The monoisotopic (exact) mass is 510 g/mol. The highest BCUT2D eigenvalue weighted by atomic mass is 32.2. The number of imidazole rings is 1. The third-order valence-corrected chi connectivity index (χ3v) is 7.70. The first kappa shape index (κ1) is 23.3. The number of ketones is 1. The summed E-state index contributed by atoms with van der Waals surface area (Å²) in [7, 11) is -3.86. The number of ether oxygens (including phenoxy) is 2. The van der Waals surface area contributed by atoms with Gasteiger partial charge in [-0.05, 0) is 36.2 Å². The van der Waals surface area contributed by atoms with Gasteiger partial charge in [-0.15, -0.1) is 8.78 Å². The third kappa shape index (κ3) is 3.95. The molecule has 12 heteroatoms. The molecule has 1 aliphatic heterocycles. The number of nitrogens with zero attached hydrogens (tertiary/aromatic N) is 2. The van der Waals surface area contributed by atoms with Crippen LogP contribution in [0.5, 0.6) is 11.5 Å². The van der Waals surface area contributed by atoms with Gasteiger partial charge < -0.3 is 9.47 Å². The van der Waals surface area contributed by atoms with Gasteiger partial charge >= 0.3 is 6.29 Å². The molecule has 0 bridgehead atoms. The van der Waals surface area contributed by atoms with Gasteiger partial charge in [0.25, 0.3) is 5.92 Å². The standard InChI is InChI=1S/C23H18F4N2O5S/c1-3-35(31,32)21-16(28-19-10-14(22(2,24)25)6-7-29(19)21)8-13-5-4-12-9-17-18(11-15(12)20(13)30)34-23(26,27)33-17/h5-7,9-11H,3-4,8H2,1-2H3. The number of fused-ring (bicyclic) bond motifs is 3. The van der Waals surface area contributed by atoms with Crippen molar-refractivity contribution in [2.45, 2.75) is 43.9 Å². The van der Waals surface area contributed by atoms with E-state index in [0.717, 1.165) is 19.1 Å². The molecule has 0 saturated carbocycles. The number of alkyl halides is 4. The minimum absolute atomic E-state index is 0.000841. The molecule has 0 atom stereocenters. The van der Waals surface area contributed by atoms with Crippen molar-refractivity contribution in [3.63, 3.8) is 0 Å². The number of hydrogen-bond donors (Lipinski definition) is 0. The Morgan fingerprint density at radius 1 is 1.17 bits per heavy atom. The highest BCUT2D eigenvalue weighted by Gasteiger charge is 2.44. The molecule has 1 aromatic carbocycles.